The van der Waals surface area contributed by atoms with Gasteiger partial charge in [0.15, 0.2) is 0 Å². The molecule has 0 unspecified atom stereocenters. The minimum Gasteiger partial charge on any atom is -0.427 e. The summed E-state index contributed by atoms with van der Waals surface area (Å²) in [4.78, 5) is 29.8. The molecule has 2 heterocycles. The van der Waals surface area contributed by atoms with Crippen LogP contribution in [-0.2, 0) is 11.2 Å². The molecule has 0 saturated carbocycles. The highest BCUT2D eigenvalue weighted by atomic mass is 32.1. The smallest absolute Gasteiger partial charge is 0.346 e. The number of benzene rings is 2. The van der Waals surface area contributed by atoms with Gasteiger partial charge in [0.1, 0.15) is 16.3 Å². The molecule has 0 N–H and O–H groups in total. The Bertz CT molecular complexity index is 1330. The Labute approximate surface area is 178 Å². The molecule has 0 atom stereocenters. The molecule has 0 aliphatic carbocycles. The average Bonchev–Trinajstić information content (AvgIpc) is 3.12. The van der Waals surface area contributed by atoms with Gasteiger partial charge in [-0.25, -0.2) is 9.78 Å². The van der Waals surface area contributed by atoms with Crippen LogP contribution in [0.3, 0.4) is 0 Å². The summed E-state index contributed by atoms with van der Waals surface area (Å²) in [6.45, 7) is 7.54. The first-order chi connectivity index (χ1) is 14.4. The van der Waals surface area contributed by atoms with Crippen molar-refractivity contribution in [3.63, 3.8) is 0 Å². The van der Waals surface area contributed by atoms with Crippen LogP contribution in [0, 0.1) is 13.8 Å². The molecular formula is C24H21NO4S. The van der Waals surface area contributed by atoms with E-state index in [1.54, 1.807) is 24.3 Å². The molecular weight excluding hydrogens is 398 g/mol. The first-order valence-corrected chi connectivity index (χ1v) is 10.5. The third-order valence-electron chi connectivity index (χ3n) is 4.87. The highest BCUT2D eigenvalue weighted by Crippen LogP contribution is 2.36. The molecule has 4 rings (SSSR count). The van der Waals surface area contributed by atoms with Gasteiger partial charge in [-0.2, -0.15) is 0 Å². The van der Waals surface area contributed by atoms with Crippen molar-refractivity contribution in [1.29, 1.82) is 0 Å². The van der Waals surface area contributed by atoms with E-state index in [4.69, 9.17) is 14.1 Å². The molecule has 4 aromatic rings. The summed E-state index contributed by atoms with van der Waals surface area (Å²) in [6, 6.07) is 13.1. The highest BCUT2D eigenvalue weighted by Gasteiger charge is 2.18. The monoisotopic (exact) mass is 419 g/mol. The second kappa shape index (κ2) is 7.88. The predicted molar refractivity (Wildman–Crippen MR) is 119 cm³/mol. The lowest BCUT2D eigenvalue weighted by Crippen LogP contribution is -2.04. The maximum Gasteiger partial charge on any atom is 0.346 e. The molecule has 0 fully saturated rings. The summed E-state index contributed by atoms with van der Waals surface area (Å²) in [5.74, 6) is -0.0900. The second-order valence-corrected chi connectivity index (χ2v) is 8.29. The van der Waals surface area contributed by atoms with Crippen molar-refractivity contribution in [3.8, 4) is 27.6 Å². The topological polar surface area (TPSA) is 69.4 Å². The number of rotatable bonds is 4. The van der Waals surface area contributed by atoms with Crippen molar-refractivity contribution < 1.29 is 13.9 Å². The summed E-state index contributed by atoms with van der Waals surface area (Å²) in [7, 11) is 0. The quantitative estimate of drug-likeness (QED) is 0.241. The van der Waals surface area contributed by atoms with E-state index in [0.29, 0.717) is 21.9 Å². The van der Waals surface area contributed by atoms with Crippen molar-refractivity contribution in [2.75, 3.05) is 0 Å². The molecule has 0 radical (unpaired) electrons. The number of carbonyl (C=O) groups excluding carboxylic acids is 1. The number of aryl methyl sites for hydroxylation is 3. The van der Waals surface area contributed by atoms with E-state index >= 15 is 0 Å². The van der Waals surface area contributed by atoms with Crippen LogP contribution in [-0.4, -0.2) is 11.0 Å². The van der Waals surface area contributed by atoms with Crippen LogP contribution in [0.2, 0.25) is 0 Å². The summed E-state index contributed by atoms with van der Waals surface area (Å²) in [5.41, 5.74) is 4.65. The molecule has 2 aromatic heterocycles. The van der Waals surface area contributed by atoms with Gasteiger partial charge in [0.05, 0.1) is 11.3 Å². The zero-order valence-corrected chi connectivity index (χ0v) is 18.1. The molecule has 2 aromatic carbocycles. The maximum absolute atomic E-state index is 12.7. The third-order valence-corrected chi connectivity index (χ3v) is 6.10. The standard InChI is InChI=1S/C24H21NO4S/c1-5-21-22(18-10-13(2)6-7-14(18)3)25-23(30-21)19-11-16-8-9-17(28-15(4)26)12-20(16)29-24(19)27/h6-12H,5H2,1-4H3. The molecule has 0 aliphatic rings. The molecule has 152 valence electrons. The summed E-state index contributed by atoms with van der Waals surface area (Å²) in [6.07, 6.45) is 0.824. The molecule has 0 spiro atoms. The van der Waals surface area contributed by atoms with Crippen LogP contribution in [0.1, 0.15) is 29.9 Å². The van der Waals surface area contributed by atoms with E-state index in [1.807, 2.05) is 0 Å². The lowest BCUT2D eigenvalue weighted by Gasteiger charge is -2.06. The van der Waals surface area contributed by atoms with E-state index < -0.39 is 11.6 Å². The van der Waals surface area contributed by atoms with Gasteiger partial charge in [0.2, 0.25) is 0 Å². The first-order valence-electron chi connectivity index (χ1n) is 9.69. The minimum atomic E-state index is -0.466. The average molecular weight is 420 g/mol. The Kier molecular flexibility index (Phi) is 5.26. The van der Waals surface area contributed by atoms with Crippen molar-refractivity contribution in [3.05, 3.63) is 68.9 Å². The fourth-order valence-corrected chi connectivity index (χ4v) is 4.40. The molecule has 5 nitrogen and oxygen atoms in total. The van der Waals surface area contributed by atoms with Crippen LogP contribution >= 0.6 is 11.3 Å². The van der Waals surface area contributed by atoms with Crippen LogP contribution in [0.25, 0.3) is 32.8 Å². The molecule has 30 heavy (non-hydrogen) atoms. The van der Waals surface area contributed by atoms with Gasteiger partial charge in [-0.05, 0) is 50.1 Å². The van der Waals surface area contributed by atoms with Crippen LogP contribution < -0.4 is 10.4 Å². The summed E-state index contributed by atoms with van der Waals surface area (Å²) in [5, 5.41) is 1.38. The van der Waals surface area contributed by atoms with E-state index in [9.17, 15) is 9.59 Å². The summed E-state index contributed by atoms with van der Waals surface area (Å²) >= 11 is 1.52. The van der Waals surface area contributed by atoms with Gasteiger partial charge in [-0.1, -0.05) is 24.6 Å². The zero-order chi connectivity index (χ0) is 21.4. The van der Waals surface area contributed by atoms with Crippen LogP contribution in [0.4, 0.5) is 0 Å². The molecule has 0 amide bonds. The lowest BCUT2D eigenvalue weighted by molar-refractivity contribution is -0.131. The van der Waals surface area contributed by atoms with Crippen molar-refractivity contribution in [1.82, 2.24) is 4.98 Å². The van der Waals surface area contributed by atoms with Crippen molar-refractivity contribution in [2.24, 2.45) is 0 Å². The van der Waals surface area contributed by atoms with Crippen molar-refractivity contribution >= 4 is 28.3 Å². The number of esters is 1. The van der Waals surface area contributed by atoms with Gasteiger partial charge in [-0.3, -0.25) is 4.79 Å². The Balaban J connectivity index is 1.83. The van der Waals surface area contributed by atoms with E-state index in [-0.39, 0.29) is 0 Å². The fraction of sp³-hybridized carbons (Fsp3) is 0.208. The first kappa shape index (κ1) is 20.0. The molecule has 0 saturated heterocycles. The van der Waals surface area contributed by atoms with E-state index in [0.717, 1.165) is 33.5 Å². The van der Waals surface area contributed by atoms with E-state index in [2.05, 4.69) is 39.0 Å². The minimum absolute atomic E-state index is 0.339. The molecule has 0 aliphatic heterocycles. The number of nitrogens with zero attached hydrogens (tertiary/aromatic N) is 1. The van der Waals surface area contributed by atoms with Crippen molar-refractivity contribution in [2.45, 2.75) is 34.1 Å². The van der Waals surface area contributed by atoms with E-state index in [1.165, 1.54) is 23.8 Å². The number of aromatic nitrogens is 1. The van der Waals surface area contributed by atoms with Gasteiger partial charge < -0.3 is 9.15 Å². The number of ether oxygens (including phenoxy) is 1. The number of fused-ring (bicyclic) bond motifs is 1. The number of thiazole rings is 1. The number of hydrogen-bond acceptors (Lipinski definition) is 6. The molecule has 0 bridgehead atoms. The Morgan fingerprint density at radius 3 is 2.63 bits per heavy atom. The van der Waals surface area contributed by atoms with Gasteiger partial charge in [0, 0.05) is 28.8 Å². The number of carbonyl (C=O) groups is 1. The highest BCUT2D eigenvalue weighted by molar-refractivity contribution is 7.15. The zero-order valence-electron chi connectivity index (χ0n) is 17.2. The van der Waals surface area contributed by atoms with Gasteiger partial charge >= 0.3 is 11.6 Å². The van der Waals surface area contributed by atoms with Gasteiger partial charge in [0.25, 0.3) is 0 Å². The fourth-order valence-electron chi connectivity index (χ4n) is 3.38. The maximum atomic E-state index is 12.7. The normalized spacial score (nSPS) is 11.1. The lowest BCUT2D eigenvalue weighted by atomic mass is 10.0. The molecule has 6 heteroatoms. The van der Waals surface area contributed by atoms with Crippen LogP contribution in [0.15, 0.2) is 51.7 Å². The second-order valence-electron chi connectivity index (χ2n) is 7.20. The predicted octanol–water partition coefficient (Wildman–Crippen LogP) is 5.69. The van der Waals surface area contributed by atoms with Gasteiger partial charge in [-0.15, -0.1) is 11.3 Å². The number of hydrogen-bond donors (Lipinski definition) is 0. The summed E-state index contributed by atoms with van der Waals surface area (Å²) < 4.78 is 10.6. The Morgan fingerprint density at radius 2 is 1.90 bits per heavy atom. The largest absolute Gasteiger partial charge is 0.427 e. The van der Waals surface area contributed by atoms with Crippen LogP contribution in [0.5, 0.6) is 5.75 Å². The Hall–Kier alpha value is -3.25. The Morgan fingerprint density at radius 1 is 1.10 bits per heavy atom. The SMILES string of the molecule is CCc1sc(-c2cc3ccc(OC(C)=O)cc3oc2=O)nc1-c1cc(C)ccc1C. The third kappa shape index (κ3) is 3.78.